The number of nitrogens with one attached hydrogen (secondary N) is 3. The molecule has 262 valence electrons. The van der Waals surface area contributed by atoms with Gasteiger partial charge in [0.05, 0.1) is 33.6 Å². The number of azo groups is 1. The summed E-state index contributed by atoms with van der Waals surface area (Å²) in [5.74, 6) is 0.734. The van der Waals surface area contributed by atoms with E-state index >= 15 is 0 Å². The highest BCUT2D eigenvalue weighted by Crippen LogP contribution is 2.35. The zero-order valence-corrected chi connectivity index (χ0v) is 30.8. The molecule has 0 fully saturated rings. The molecule has 4 aromatic rings. The van der Waals surface area contributed by atoms with Gasteiger partial charge in [0, 0.05) is 17.1 Å². The summed E-state index contributed by atoms with van der Waals surface area (Å²) in [7, 11) is 1.56. The molecule has 1 aromatic heterocycles. The third-order valence-corrected chi connectivity index (χ3v) is 9.05. The van der Waals surface area contributed by atoms with Crippen LogP contribution in [0.1, 0.15) is 84.0 Å². The molecule has 0 saturated carbocycles. The number of nitrogens with zero attached hydrogens (tertiary/aromatic N) is 3. The molecule has 1 heterocycles. The summed E-state index contributed by atoms with van der Waals surface area (Å²) in [5, 5.41) is 18.5. The molecular weight excluding hydrogens is 706 g/mol. The van der Waals surface area contributed by atoms with E-state index in [1.165, 1.54) is 63.5 Å². The molecule has 0 aliphatic carbocycles. The van der Waals surface area contributed by atoms with Crippen LogP contribution in [-0.2, 0) is 4.79 Å². The lowest BCUT2D eigenvalue weighted by atomic mass is 10.1. The fourth-order valence-electron chi connectivity index (χ4n) is 5.28. The Labute approximate surface area is 307 Å². The lowest BCUT2D eigenvalue weighted by Crippen LogP contribution is -2.15. The van der Waals surface area contributed by atoms with Crippen LogP contribution in [0, 0.1) is 0 Å². The van der Waals surface area contributed by atoms with Crippen LogP contribution in [0.3, 0.4) is 0 Å². The van der Waals surface area contributed by atoms with Crippen molar-refractivity contribution in [2.24, 2.45) is 10.2 Å². The van der Waals surface area contributed by atoms with Gasteiger partial charge in [0.1, 0.15) is 11.4 Å². The second kappa shape index (κ2) is 19.6. The average Bonchev–Trinajstić information content (AvgIpc) is 3.37. The third kappa shape index (κ3) is 11.5. The summed E-state index contributed by atoms with van der Waals surface area (Å²) in [5.41, 5.74) is 0.977. The predicted molar refractivity (Wildman–Crippen MR) is 203 cm³/mol. The van der Waals surface area contributed by atoms with Gasteiger partial charge in [0.25, 0.3) is 0 Å². The number of H-pyrrole nitrogens is 1. The first kappa shape index (κ1) is 38.3. The van der Waals surface area contributed by atoms with E-state index in [0.717, 1.165) is 23.9 Å². The molecule has 0 atom stereocenters. The first-order valence-electron chi connectivity index (χ1n) is 16.6. The van der Waals surface area contributed by atoms with Crippen molar-refractivity contribution in [1.29, 1.82) is 0 Å². The van der Waals surface area contributed by atoms with Crippen LogP contribution in [0.2, 0.25) is 20.1 Å². The van der Waals surface area contributed by atoms with Crippen LogP contribution in [0.5, 0.6) is 5.75 Å². The number of anilines is 3. The largest absolute Gasteiger partial charge is 0.497 e. The van der Waals surface area contributed by atoms with E-state index in [9.17, 15) is 9.59 Å². The summed E-state index contributed by atoms with van der Waals surface area (Å²) in [6.45, 7) is 2.24. The first-order valence-corrected chi connectivity index (χ1v) is 18.1. The quantitative estimate of drug-likeness (QED) is 0.0654. The van der Waals surface area contributed by atoms with Crippen LogP contribution < -0.4 is 20.9 Å². The number of benzene rings is 3. The number of carbonyl (C=O) groups excluding carboxylic acids is 1. The number of halogens is 4. The monoisotopic (exact) mass is 746 g/mol. The normalized spacial score (nSPS) is 11.3. The fourth-order valence-corrected chi connectivity index (χ4v) is 6.43. The molecule has 0 aliphatic heterocycles. The maximum absolute atomic E-state index is 13.7. The number of hydrogen-bond donors (Lipinski definition) is 3. The van der Waals surface area contributed by atoms with Crippen molar-refractivity contribution in [1.82, 2.24) is 9.78 Å². The van der Waals surface area contributed by atoms with Crippen molar-refractivity contribution in [3.8, 4) is 11.4 Å². The fraction of sp³-hybridized carbons (Fsp3) is 0.389. The number of aromatic amines is 1. The number of hydrogen-bond acceptors (Lipinski definition) is 6. The summed E-state index contributed by atoms with van der Waals surface area (Å²) in [6, 6.07) is 14.9. The summed E-state index contributed by atoms with van der Waals surface area (Å²) in [6.07, 6.45) is 13.8. The average molecular weight is 749 g/mol. The Hall–Kier alpha value is -3.50. The Bertz CT molecular complexity index is 1750. The summed E-state index contributed by atoms with van der Waals surface area (Å²) in [4.78, 5) is 26.5. The van der Waals surface area contributed by atoms with Gasteiger partial charge in [-0.25, -0.2) is 4.68 Å². The molecule has 0 aliphatic rings. The molecule has 0 spiro atoms. The van der Waals surface area contributed by atoms with Gasteiger partial charge in [-0.2, -0.15) is 5.11 Å². The van der Waals surface area contributed by atoms with Gasteiger partial charge < -0.3 is 15.4 Å². The molecule has 0 unspecified atom stereocenters. The first-order chi connectivity index (χ1) is 23.7. The summed E-state index contributed by atoms with van der Waals surface area (Å²) < 4.78 is 6.35. The van der Waals surface area contributed by atoms with Gasteiger partial charge in [0.15, 0.2) is 11.5 Å². The molecule has 13 heteroatoms. The topological polar surface area (TPSA) is 113 Å². The van der Waals surface area contributed by atoms with Crippen LogP contribution in [0.4, 0.5) is 28.6 Å². The van der Waals surface area contributed by atoms with Gasteiger partial charge in [-0.15, -0.1) is 5.11 Å². The maximum Gasteiger partial charge on any atom is 0.301 e. The van der Waals surface area contributed by atoms with Crippen LogP contribution >= 0.6 is 46.4 Å². The van der Waals surface area contributed by atoms with Gasteiger partial charge >= 0.3 is 5.56 Å². The minimum Gasteiger partial charge on any atom is -0.497 e. The van der Waals surface area contributed by atoms with Crippen LogP contribution in [-0.4, -0.2) is 22.8 Å². The molecule has 0 bridgehead atoms. The summed E-state index contributed by atoms with van der Waals surface area (Å²) >= 11 is 25.6. The van der Waals surface area contributed by atoms with Crippen molar-refractivity contribution in [2.75, 3.05) is 17.7 Å². The number of amides is 1. The van der Waals surface area contributed by atoms with Crippen molar-refractivity contribution < 1.29 is 9.53 Å². The number of unbranched alkanes of at least 4 members (excludes halogenated alkanes) is 10. The molecule has 4 rings (SSSR count). The van der Waals surface area contributed by atoms with Gasteiger partial charge in [-0.3, -0.25) is 14.7 Å². The molecular formula is C36H42Cl4N6O3. The van der Waals surface area contributed by atoms with Crippen molar-refractivity contribution in [3.05, 3.63) is 85.0 Å². The Balaban J connectivity index is 1.45. The van der Waals surface area contributed by atoms with Gasteiger partial charge in [0.2, 0.25) is 5.91 Å². The highest BCUT2D eigenvalue weighted by atomic mass is 35.5. The van der Waals surface area contributed by atoms with E-state index in [2.05, 4.69) is 32.9 Å². The Kier molecular flexibility index (Phi) is 15.3. The number of rotatable bonds is 19. The Morgan fingerprint density at radius 1 is 0.796 bits per heavy atom. The Morgan fingerprint density at radius 2 is 1.41 bits per heavy atom. The van der Waals surface area contributed by atoms with E-state index in [0.29, 0.717) is 39.3 Å². The second-order valence-corrected chi connectivity index (χ2v) is 13.4. The standard InChI is InChI=1S/C36H42Cl4N6O3/c1-3-4-5-6-7-8-9-10-11-12-13-14-32(47)41-26-17-20-28(38)31(23-26)42-35-33(44-43-25-15-18-27(49-2)19-16-25)36(48)46(45-35)34-29(39)21-24(37)22-30(34)40/h15-23,42,45H,3-14H2,1-2H3,(H,41,47). The SMILES string of the molecule is CCCCCCCCCCCCCC(=O)Nc1ccc(Cl)c(Nc2[nH]n(-c3c(Cl)cc(Cl)cc3Cl)c(=O)c2N=Nc2ccc(OC)cc2)c1. The molecule has 0 radical (unpaired) electrons. The molecule has 1 amide bonds. The van der Waals surface area contributed by atoms with Crippen molar-refractivity contribution >= 4 is 80.9 Å². The number of methoxy groups -OCH3 is 1. The van der Waals surface area contributed by atoms with E-state index in [-0.39, 0.29) is 33.1 Å². The Morgan fingerprint density at radius 3 is 2.02 bits per heavy atom. The van der Waals surface area contributed by atoms with E-state index < -0.39 is 5.56 Å². The van der Waals surface area contributed by atoms with Crippen molar-refractivity contribution in [3.63, 3.8) is 0 Å². The highest BCUT2D eigenvalue weighted by Gasteiger charge is 2.21. The lowest BCUT2D eigenvalue weighted by Gasteiger charge is -2.11. The molecule has 49 heavy (non-hydrogen) atoms. The number of carbonyl (C=O) groups is 1. The molecule has 3 aromatic carbocycles. The molecule has 0 saturated heterocycles. The zero-order valence-electron chi connectivity index (χ0n) is 27.8. The molecule has 9 nitrogen and oxygen atoms in total. The highest BCUT2D eigenvalue weighted by molar-refractivity contribution is 6.40. The van der Waals surface area contributed by atoms with E-state index in [4.69, 9.17) is 51.1 Å². The zero-order chi connectivity index (χ0) is 35.2. The van der Waals surface area contributed by atoms with Crippen molar-refractivity contribution in [2.45, 2.75) is 84.0 Å². The van der Waals surface area contributed by atoms with Crippen LogP contribution in [0.15, 0.2) is 69.6 Å². The predicted octanol–water partition coefficient (Wildman–Crippen LogP) is 12.6. The lowest BCUT2D eigenvalue weighted by molar-refractivity contribution is -0.116. The minimum absolute atomic E-state index is 0.0695. The number of aromatic nitrogens is 2. The van der Waals surface area contributed by atoms with E-state index in [1.807, 2.05) is 0 Å². The minimum atomic E-state index is -0.585. The van der Waals surface area contributed by atoms with Gasteiger partial charge in [-0.1, -0.05) is 118 Å². The van der Waals surface area contributed by atoms with Gasteiger partial charge in [-0.05, 0) is 61.0 Å². The maximum atomic E-state index is 13.7. The van der Waals surface area contributed by atoms with E-state index in [1.54, 1.807) is 49.6 Å². The molecule has 3 N–H and O–H groups in total. The van der Waals surface area contributed by atoms with Crippen LogP contribution in [0.25, 0.3) is 5.69 Å². The number of ether oxygens (including phenoxy) is 1. The smallest absolute Gasteiger partial charge is 0.301 e. The second-order valence-electron chi connectivity index (χ2n) is 11.7. The third-order valence-electron chi connectivity index (χ3n) is 7.93.